The third kappa shape index (κ3) is 4.41. The maximum Gasteiger partial charge on any atom is 0.278 e. The largest absolute Gasteiger partial charge is 0.379 e. The van der Waals surface area contributed by atoms with Crippen molar-refractivity contribution in [2.45, 2.75) is 25.0 Å². The van der Waals surface area contributed by atoms with Gasteiger partial charge in [0.05, 0.1) is 12.2 Å². The molecule has 1 atom stereocenters. The highest BCUT2D eigenvalue weighted by molar-refractivity contribution is 5.77. The van der Waals surface area contributed by atoms with Gasteiger partial charge in [0.1, 0.15) is 11.0 Å². The van der Waals surface area contributed by atoms with Crippen LogP contribution in [0.4, 0.5) is 17.3 Å². The number of likely N-dealkylation sites (N-methyl/N-ethyl adjacent to an activating group) is 1. The zero-order valence-corrected chi connectivity index (χ0v) is 22.0. The first-order valence-corrected chi connectivity index (χ1v) is 13.2. The van der Waals surface area contributed by atoms with Gasteiger partial charge in [-0.3, -0.25) is 4.79 Å². The number of rotatable bonds is 7. The van der Waals surface area contributed by atoms with Crippen LogP contribution in [0.5, 0.6) is 0 Å². The number of nitrogens with one attached hydrogen (secondary N) is 1. The quantitative estimate of drug-likeness (QED) is 0.356. The molecule has 10 nitrogen and oxygen atoms in total. The third-order valence-electron chi connectivity index (χ3n) is 7.67. The van der Waals surface area contributed by atoms with Gasteiger partial charge >= 0.3 is 0 Å². The van der Waals surface area contributed by atoms with E-state index in [-0.39, 0.29) is 12.1 Å². The van der Waals surface area contributed by atoms with Crippen molar-refractivity contribution in [1.82, 2.24) is 29.2 Å². The van der Waals surface area contributed by atoms with Crippen molar-refractivity contribution in [3.8, 4) is 5.82 Å². The molecular formula is C29H32N8O2. The number of anilines is 3. The second kappa shape index (κ2) is 9.79. The van der Waals surface area contributed by atoms with Crippen LogP contribution in [0.2, 0.25) is 0 Å². The summed E-state index contributed by atoms with van der Waals surface area (Å²) in [5.74, 6) is 0.842. The molecule has 4 heterocycles. The van der Waals surface area contributed by atoms with Crippen LogP contribution >= 0.6 is 0 Å². The van der Waals surface area contributed by atoms with Crippen LogP contribution in [0.15, 0.2) is 72.7 Å². The molecule has 1 aromatic carbocycles. The Balaban J connectivity index is 1.36. The molecule has 4 aromatic rings. The average Bonchev–Trinajstić information content (AvgIpc) is 3.43. The molecule has 1 aliphatic heterocycles. The predicted octanol–water partition coefficient (Wildman–Crippen LogP) is 2.98. The van der Waals surface area contributed by atoms with E-state index in [0.717, 1.165) is 37.4 Å². The summed E-state index contributed by atoms with van der Waals surface area (Å²) in [6, 6.07) is 12.0. The maximum absolute atomic E-state index is 13.3. The first-order chi connectivity index (χ1) is 18.9. The van der Waals surface area contributed by atoms with Crippen molar-refractivity contribution < 1.29 is 5.11 Å². The van der Waals surface area contributed by atoms with Gasteiger partial charge in [0.25, 0.3) is 5.56 Å². The Morgan fingerprint density at radius 2 is 1.85 bits per heavy atom. The van der Waals surface area contributed by atoms with Crippen LogP contribution in [-0.4, -0.2) is 67.5 Å². The van der Waals surface area contributed by atoms with Gasteiger partial charge in [0.2, 0.25) is 5.95 Å². The first-order valence-electron chi connectivity index (χ1n) is 13.2. The van der Waals surface area contributed by atoms with E-state index in [4.69, 9.17) is 9.97 Å². The van der Waals surface area contributed by atoms with Crippen molar-refractivity contribution in [3.05, 3.63) is 89.5 Å². The van der Waals surface area contributed by atoms with Crippen LogP contribution < -0.4 is 15.8 Å². The van der Waals surface area contributed by atoms with Crippen molar-refractivity contribution >= 4 is 28.4 Å². The number of hydrogen-bond donors (Lipinski definition) is 2. The van der Waals surface area contributed by atoms with E-state index in [2.05, 4.69) is 52.4 Å². The third-order valence-corrected chi connectivity index (χ3v) is 7.67. The van der Waals surface area contributed by atoms with Crippen LogP contribution in [-0.2, 0) is 18.6 Å². The van der Waals surface area contributed by atoms with Crippen LogP contribution in [0, 0.1) is 0 Å². The molecule has 0 amide bonds. The average molecular weight is 525 g/mol. The molecule has 2 aliphatic rings. The van der Waals surface area contributed by atoms with Crippen molar-refractivity contribution in [3.63, 3.8) is 0 Å². The monoisotopic (exact) mass is 524 g/mol. The van der Waals surface area contributed by atoms with Crippen molar-refractivity contribution in [2.75, 3.05) is 43.4 Å². The summed E-state index contributed by atoms with van der Waals surface area (Å²) in [6.45, 7) is 12.0. The number of aromatic nitrogens is 5. The minimum Gasteiger partial charge on any atom is -0.379 e. The highest BCUT2D eigenvalue weighted by Gasteiger charge is 2.36. The number of pyridine rings is 1. The van der Waals surface area contributed by atoms with E-state index in [1.165, 1.54) is 22.6 Å². The van der Waals surface area contributed by atoms with Crippen LogP contribution in [0.3, 0.4) is 0 Å². The summed E-state index contributed by atoms with van der Waals surface area (Å²) in [7, 11) is 2.15. The number of allylic oxidation sites excluding steroid dienone is 1. The number of aryl methyl sites for hydroxylation is 1. The molecule has 10 heteroatoms. The smallest absolute Gasteiger partial charge is 0.278 e. The minimum atomic E-state index is -1.20. The SMILES string of the molecule is C=CCn1c(=O)c2cnc(Nc3ccc(N4CCN(C)CC4)cc3)nc2n1-c1ccc2c(n1)[C@@](O)(C=C)CC2. The Morgan fingerprint density at radius 3 is 2.56 bits per heavy atom. The number of nitrogens with zero attached hydrogens (tertiary/aromatic N) is 7. The Kier molecular flexibility index (Phi) is 6.28. The first kappa shape index (κ1) is 25.0. The molecule has 0 saturated carbocycles. The van der Waals surface area contributed by atoms with E-state index in [9.17, 15) is 9.90 Å². The Morgan fingerprint density at radius 1 is 1.08 bits per heavy atom. The number of piperazine rings is 1. The number of aliphatic hydroxyl groups is 1. The fourth-order valence-electron chi connectivity index (χ4n) is 5.37. The fourth-order valence-corrected chi connectivity index (χ4v) is 5.37. The van der Waals surface area contributed by atoms with Gasteiger partial charge < -0.3 is 20.2 Å². The van der Waals surface area contributed by atoms with Gasteiger partial charge in [-0.15, -0.1) is 6.58 Å². The lowest BCUT2D eigenvalue weighted by Crippen LogP contribution is -2.44. The van der Waals surface area contributed by atoms with E-state index in [0.29, 0.717) is 41.3 Å². The molecule has 2 N–H and O–H groups in total. The lowest BCUT2D eigenvalue weighted by atomic mass is 10.0. The van der Waals surface area contributed by atoms with Gasteiger partial charge in [-0.2, -0.15) is 4.98 Å². The molecule has 3 aromatic heterocycles. The lowest BCUT2D eigenvalue weighted by Gasteiger charge is -2.34. The van der Waals surface area contributed by atoms with Gasteiger partial charge in [-0.25, -0.2) is 19.3 Å². The van der Waals surface area contributed by atoms with Crippen molar-refractivity contribution in [1.29, 1.82) is 0 Å². The summed E-state index contributed by atoms with van der Waals surface area (Å²) < 4.78 is 3.20. The Hall–Kier alpha value is -4.28. The van der Waals surface area contributed by atoms with Gasteiger partial charge in [-0.1, -0.05) is 24.8 Å². The highest BCUT2D eigenvalue weighted by Crippen LogP contribution is 2.37. The van der Waals surface area contributed by atoms with Crippen LogP contribution in [0.1, 0.15) is 17.7 Å². The topological polar surface area (TPSA) is 104 Å². The molecule has 0 bridgehead atoms. The van der Waals surface area contributed by atoms with E-state index >= 15 is 0 Å². The lowest BCUT2D eigenvalue weighted by molar-refractivity contribution is 0.0878. The molecule has 6 rings (SSSR count). The normalized spacial score (nSPS) is 19.3. The summed E-state index contributed by atoms with van der Waals surface area (Å²) in [5.41, 5.74) is 2.53. The second-order valence-corrected chi connectivity index (χ2v) is 10.2. The van der Waals surface area contributed by atoms with Crippen molar-refractivity contribution in [2.24, 2.45) is 0 Å². The molecule has 0 unspecified atom stereocenters. The summed E-state index contributed by atoms with van der Waals surface area (Å²) >= 11 is 0. The summed E-state index contributed by atoms with van der Waals surface area (Å²) in [4.78, 5) is 31.9. The molecule has 1 saturated heterocycles. The second-order valence-electron chi connectivity index (χ2n) is 10.2. The Bertz CT molecular complexity index is 1620. The molecule has 0 spiro atoms. The zero-order chi connectivity index (χ0) is 27.1. The number of benzene rings is 1. The zero-order valence-electron chi connectivity index (χ0n) is 22.0. The van der Waals surface area contributed by atoms with Gasteiger partial charge in [-0.05, 0) is 55.8 Å². The van der Waals surface area contributed by atoms with E-state index in [1.54, 1.807) is 10.8 Å². The number of fused-ring (bicyclic) bond motifs is 2. The number of hydrogen-bond acceptors (Lipinski definition) is 8. The van der Waals surface area contributed by atoms with Gasteiger partial charge in [0.15, 0.2) is 11.5 Å². The standard InChI is InChI=1S/C29H32N8O2/c1-4-14-36-27(38)23-19-30-28(31-21-7-9-22(10-8-21)35-17-15-34(3)16-18-35)33-26(23)37(36)24-11-6-20-12-13-29(39,5-2)25(20)32-24/h4-11,19,39H,1-2,12-18H2,3H3,(H,30,31,33)/t29-/m1/s1. The molecule has 1 aliphatic carbocycles. The molecule has 0 radical (unpaired) electrons. The Labute approximate surface area is 226 Å². The fraction of sp³-hybridized carbons (Fsp3) is 0.310. The molecule has 39 heavy (non-hydrogen) atoms. The molecule has 200 valence electrons. The van der Waals surface area contributed by atoms with E-state index < -0.39 is 5.60 Å². The van der Waals surface area contributed by atoms with E-state index in [1.807, 2.05) is 24.3 Å². The summed E-state index contributed by atoms with van der Waals surface area (Å²) in [6.07, 6.45) is 5.95. The molecule has 1 fully saturated rings. The summed E-state index contributed by atoms with van der Waals surface area (Å²) in [5, 5.41) is 14.7. The minimum absolute atomic E-state index is 0.241. The van der Waals surface area contributed by atoms with Crippen LogP contribution in [0.25, 0.3) is 16.9 Å². The maximum atomic E-state index is 13.3. The predicted molar refractivity (Wildman–Crippen MR) is 153 cm³/mol. The van der Waals surface area contributed by atoms with Gasteiger partial charge in [0, 0.05) is 43.8 Å². The highest BCUT2D eigenvalue weighted by atomic mass is 16.3. The molecular weight excluding hydrogens is 492 g/mol.